The van der Waals surface area contributed by atoms with E-state index < -0.39 is 12.0 Å². The van der Waals surface area contributed by atoms with Crippen LogP contribution in [-0.4, -0.2) is 49.8 Å². The molecule has 3 N–H and O–H groups in total. The van der Waals surface area contributed by atoms with Crippen molar-refractivity contribution in [1.82, 2.24) is 14.5 Å². The Kier molecular flexibility index (Phi) is 5.32. The Labute approximate surface area is 133 Å². The Morgan fingerprint density at radius 2 is 2.00 bits per heavy atom. The summed E-state index contributed by atoms with van der Waals surface area (Å²) in [4.78, 5) is 28.7. The van der Waals surface area contributed by atoms with E-state index in [1.807, 2.05) is 7.05 Å². The maximum atomic E-state index is 12.3. The van der Waals surface area contributed by atoms with Crippen molar-refractivity contribution in [2.24, 2.45) is 7.05 Å². The molecule has 2 amide bonds. The quantitative estimate of drug-likeness (QED) is 0.740. The summed E-state index contributed by atoms with van der Waals surface area (Å²) in [5.74, 6) is -0.339. The summed E-state index contributed by atoms with van der Waals surface area (Å²) in [5, 5.41) is 20.7. The molecule has 23 heavy (non-hydrogen) atoms. The van der Waals surface area contributed by atoms with Gasteiger partial charge in [0.05, 0.1) is 18.7 Å². The van der Waals surface area contributed by atoms with Crippen LogP contribution in [0.3, 0.4) is 0 Å². The lowest BCUT2D eigenvalue weighted by Crippen LogP contribution is -2.37. The third-order valence-electron chi connectivity index (χ3n) is 3.29. The van der Waals surface area contributed by atoms with E-state index in [1.54, 1.807) is 17.0 Å². The molecule has 2 rings (SSSR count). The molecule has 122 valence electrons. The molecule has 0 aliphatic heterocycles. The van der Waals surface area contributed by atoms with Crippen molar-refractivity contribution in [3.63, 3.8) is 0 Å². The fourth-order valence-corrected chi connectivity index (χ4v) is 1.99. The van der Waals surface area contributed by atoms with Crippen molar-refractivity contribution in [2.45, 2.75) is 6.54 Å². The van der Waals surface area contributed by atoms with Gasteiger partial charge >= 0.3 is 12.0 Å². The van der Waals surface area contributed by atoms with Crippen LogP contribution >= 0.6 is 0 Å². The summed E-state index contributed by atoms with van der Waals surface area (Å²) in [7, 11) is 1.82. The number of imidazole rings is 1. The number of aliphatic hydroxyl groups is 1. The Balaban J connectivity index is 2.05. The van der Waals surface area contributed by atoms with Crippen molar-refractivity contribution in [3.05, 3.63) is 48.0 Å². The van der Waals surface area contributed by atoms with Crippen LogP contribution in [0.1, 0.15) is 16.2 Å². The van der Waals surface area contributed by atoms with Crippen LogP contribution in [0.5, 0.6) is 0 Å². The van der Waals surface area contributed by atoms with Crippen molar-refractivity contribution in [1.29, 1.82) is 0 Å². The highest BCUT2D eigenvalue weighted by Gasteiger charge is 2.16. The number of anilines is 1. The number of hydrogen-bond acceptors (Lipinski definition) is 4. The van der Waals surface area contributed by atoms with Gasteiger partial charge in [-0.1, -0.05) is 0 Å². The molecule has 0 atom stereocenters. The number of aryl methyl sites for hydroxylation is 1. The Bertz CT molecular complexity index is 681. The number of hydrogen-bond donors (Lipinski definition) is 3. The number of nitrogens with zero attached hydrogens (tertiary/aromatic N) is 3. The molecule has 1 aromatic carbocycles. The van der Waals surface area contributed by atoms with E-state index in [4.69, 9.17) is 10.2 Å². The van der Waals surface area contributed by atoms with E-state index in [1.165, 1.54) is 29.2 Å². The minimum atomic E-state index is -1.03. The van der Waals surface area contributed by atoms with Gasteiger partial charge in [0.25, 0.3) is 0 Å². The lowest BCUT2D eigenvalue weighted by Gasteiger charge is -2.22. The maximum absolute atomic E-state index is 12.3. The van der Waals surface area contributed by atoms with Gasteiger partial charge in [-0.2, -0.15) is 0 Å². The number of aliphatic hydroxyl groups excluding tert-OH is 1. The normalized spacial score (nSPS) is 10.3. The number of carbonyl (C=O) groups excluding carboxylic acids is 1. The molecule has 0 radical (unpaired) electrons. The lowest BCUT2D eigenvalue weighted by atomic mass is 10.2. The number of urea groups is 1. The molecule has 0 unspecified atom stereocenters. The van der Waals surface area contributed by atoms with Gasteiger partial charge in [-0.05, 0) is 24.3 Å². The zero-order chi connectivity index (χ0) is 16.8. The first-order valence-electron chi connectivity index (χ1n) is 6.97. The highest BCUT2D eigenvalue weighted by molar-refractivity contribution is 5.91. The third kappa shape index (κ3) is 4.30. The summed E-state index contributed by atoms with van der Waals surface area (Å²) >= 11 is 0. The first-order chi connectivity index (χ1) is 11.0. The number of aromatic carboxylic acids is 1. The van der Waals surface area contributed by atoms with Crippen LogP contribution in [0, 0.1) is 0 Å². The van der Waals surface area contributed by atoms with Gasteiger partial charge in [0.2, 0.25) is 0 Å². The minimum absolute atomic E-state index is 0.142. The summed E-state index contributed by atoms with van der Waals surface area (Å²) in [6.45, 7) is 0.241. The molecule has 1 heterocycles. The Morgan fingerprint density at radius 1 is 1.30 bits per heavy atom. The van der Waals surface area contributed by atoms with Gasteiger partial charge in [0.15, 0.2) is 0 Å². The number of aromatic nitrogens is 2. The van der Waals surface area contributed by atoms with Crippen LogP contribution < -0.4 is 5.32 Å². The standard InChI is InChI=1S/C15H18N4O4/c1-18-7-6-16-13(18)10-19(8-9-20)15(23)17-12-4-2-11(3-5-12)14(21)22/h2-7,20H,8-10H2,1H3,(H,17,23)(H,21,22). The van der Waals surface area contributed by atoms with Gasteiger partial charge < -0.3 is 25.0 Å². The number of carboxylic acids is 1. The maximum Gasteiger partial charge on any atom is 0.335 e. The van der Waals surface area contributed by atoms with Crippen molar-refractivity contribution in [2.75, 3.05) is 18.5 Å². The van der Waals surface area contributed by atoms with Gasteiger partial charge in [-0.25, -0.2) is 14.6 Å². The SMILES string of the molecule is Cn1ccnc1CN(CCO)C(=O)Nc1ccc(C(=O)O)cc1. The van der Waals surface area contributed by atoms with Crippen molar-refractivity contribution < 1.29 is 19.8 Å². The molecular formula is C15H18N4O4. The summed E-state index contributed by atoms with van der Waals surface area (Å²) in [6.07, 6.45) is 3.41. The zero-order valence-corrected chi connectivity index (χ0v) is 12.6. The first-order valence-corrected chi connectivity index (χ1v) is 6.97. The molecule has 1 aromatic heterocycles. The number of amides is 2. The number of rotatable bonds is 6. The average Bonchev–Trinajstić information content (AvgIpc) is 2.92. The van der Waals surface area contributed by atoms with E-state index in [0.29, 0.717) is 11.5 Å². The second kappa shape index (κ2) is 7.41. The second-order valence-corrected chi connectivity index (χ2v) is 4.91. The summed E-state index contributed by atoms with van der Waals surface area (Å²) in [5.41, 5.74) is 0.617. The summed E-state index contributed by atoms with van der Waals surface area (Å²) in [6, 6.07) is 5.45. The minimum Gasteiger partial charge on any atom is -0.478 e. The van der Waals surface area contributed by atoms with Crippen LogP contribution in [-0.2, 0) is 13.6 Å². The molecule has 0 fully saturated rings. The molecule has 0 aliphatic rings. The predicted octanol–water partition coefficient (Wildman–Crippen LogP) is 1.14. The number of benzene rings is 1. The first kappa shape index (κ1) is 16.5. The Hall–Kier alpha value is -2.87. The van der Waals surface area contributed by atoms with Gasteiger partial charge in [-0.3, -0.25) is 0 Å². The number of nitrogens with one attached hydrogen (secondary N) is 1. The van der Waals surface area contributed by atoms with Gasteiger partial charge in [-0.15, -0.1) is 0 Å². The molecule has 8 nitrogen and oxygen atoms in total. The molecule has 8 heteroatoms. The topological polar surface area (TPSA) is 108 Å². The third-order valence-corrected chi connectivity index (χ3v) is 3.29. The lowest BCUT2D eigenvalue weighted by molar-refractivity contribution is 0.0697. The van der Waals surface area contributed by atoms with Crippen molar-refractivity contribution >= 4 is 17.7 Å². The van der Waals surface area contributed by atoms with E-state index in [2.05, 4.69) is 10.3 Å². The van der Waals surface area contributed by atoms with Crippen molar-refractivity contribution in [3.8, 4) is 0 Å². The van der Waals surface area contributed by atoms with E-state index >= 15 is 0 Å². The second-order valence-electron chi connectivity index (χ2n) is 4.91. The molecule has 2 aromatic rings. The van der Waals surface area contributed by atoms with Crippen LogP contribution in [0.15, 0.2) is 36.7 Å². The highest BCUT2D eigenvalue weighted by atomic mass is 16.4. The molecule has 0 bridgehead atoms. The largest absolute Gasteiger partial charge is 0.478 e. The molecule has 0 aliphatic carbocycles. The molecule has 0 spiro atoms. The fraction of sp³-hybridized carbons (Fsp3) is 0.267. The smallest absolute Gasteiger partial charge is 0.335 e. The summed E-state index contributed by atoms with van der Waals surface area (Å²) < 4.78 is 1.79. The molecule has 0 saturated heterocycles. The predicted molar refractivity (Wildman–Crippen MR) is 83.1 cm³/mol. The fourth-order valence-electron chi connectivity index (χ4n) is 1.99. The monoisotopic (exact) mass is 318 g/mol. The zero-order valence-electron chi connectivity index (χ0n) is 12.6. The van der Waals surface area contributed by atoms with E-state index in [-0.39, 0.29) is 25.3 Å². The molecular weight excluding hydrogens is 300 g/mol. The van der Waals surface area contributed by atoms with Gasteiger partial charge in [0, 0.05) is 31.7 Å². The van der Waals surface area contributed by atoms with Crippen LogP contribution in [0.4, 0.5) is 10.5 Å². The number of carbonyl (C=O) groups is 2. The van der Waals surface area contributed by atoms with Crippen LogP contribution in [0.2, 0.25) is 0 Å². The van der Waals surface area contributed by atoms with Gasteiger partial charge in [0.1, 0.15) is 5.82 Å². The van der Waals surface area contributed by atoms with Crippen LogP contribution in [0.25, 0.3) is 0 Å². The van der Waals surface area contributed by atoms with E-state index in [9.17, 15) is 9.59 Å². The van der Waals surface area contributed by atoms with E-state index in [0.717, 1.165) is 0 Å². The average molecular weight is 318 g/mol. The number of carboxylic acid groups (broad SMARTS) is 1. The molecule has 0 saturated carbocycles. The Morgan fingerprint density at radius 3 is 2.52 bits per heavy atom. The highest BCUT2D eigenvalue weighted by Crippen LogP contribution is 2.11.